The van der Waals surface area contributed by atoms with Crippen molar-refractivity contribution in [2.75, 3.05) is 5.32 Å². The number of carbonyl (C=O) groups excluding carboxylic acids is 1. The molecule has 0 radical (unpaired) electrons. The van der Waals surface area contributed by atoms with Crippen LogP contribution in [0.2, 0.25) is 5.02 Å². The number of nitrogens with one attached hydrogen (secondary N) is 1. The zero-order valence-electron chi connectivity index (χ0n) is 16.9. The smallest absolute Gasteiger partial charge is 0.260 e. The van der Waals surface area contributed by atoms with E-state index in [0.717, 1.165) is 31.2 Å². The van der Waals surface area contributed by atoms with Crippen LogP contribution < -0.4 is 10.9 Å². The van der Waals surface area contributed by atoms with Gasteiger partial charge in [0.25, 0.3) is 11.5 Å². The van der Waals surface area contributed by atoms with E-state index in [0.29, 0.717) is 27.0 Å². The number of nitrogens with zero attached hydrogens (tertiary/aromatic N) is 1. The lowest BCUT2D eigenvalue weighted by atomic mass is 9.88. The molecular formula is C24H25ClN2O3. The predicted octanol–water partition coefficient (Wildman–Crippen LogP) is 5.29. The molecule has 6 heteroatoms. The summed E-state index contributed by atoms with van der Waals surface area (Å²) >= 11 is 6.04. The summed E-state index contributed by atoms with van der Waals surface area (Å²) in [5.41, 5.74) is 1.60. The normalized spacial score (nSPS) is 15.8. The summed E-state index contributed by atoms with van der Waals surface area (Å²) in [6, 6.07) is 12.2. The highest BCUT2D eigenvalue weighted by atomic mass is 35.5. The van der Waals surface area contributed by atoms with Crippen molar-refractivity contribution in [1.29, 1.82) is 0 Å². The number of rotatable bonds is 4. The van der Waals surface area contributed by atoms with Crippen LogP contribution in [0.5, 0.6) is 0 Å². The molecule has 4 rings (SSSR count). The van der Waals surface area contributed by atoms with Crippen LogP contribution >= 0.6 is 11.6 Å². The molecule has 1 heterocycles. The number of fused-ring (bicyclic) bond motifs is 1. The molecule has 2 aromatic carbocycles. The van der Waals surface area contributed by atoms with Gasteiger partial charge in [-0.25, -0.2) is 0 Å². The molecule has 1 fully saturated rings. The van der Waals surface area contributed by atoms with Gasteiger partial charge in [0.05, 0.1) is 0 Å². The molecule has 0 bridgehead atoms. The third-order valence-electron chi connectivity index (χ3n) is 6.02. The van der Waals surface area contributed by atoms with Gasteiger partial charge >= 0.3 is 0 Å². The Morgan fingerprint density at radius 2 is 1.90 bits per heavy atom. The number of amides is 1. The van der Waals surface area contributed by atoms with Gasteiger partial charge in [0.2, 0.25) is 0 Å². The Kier molecular flexibility index (Phi) is 5.93. The first-order valence-corrected chi connectivity index (χ1v) is 10.7. The number of hydrogen-bond donors (Lipinski definition) is 2. The van der Waals surface area contributed by atoms with Crippen molar-refractivity contribution in [2.45, 2.75) is 45.3 Å². The first-order chi connectivity index (χ1) is 14.5. The predicted molar refractivity (Wildman–Crippen MR) is 120 cm³/mol. The lowest BCUT2D eigenvalue weighted by Gasteiger charge is -2.28. The zero-order valence-corrected chi connectivity index (χ0v) is 17.7. The number of pyridine rings is 1. The maximum absolute atomic E-state index is 13.1. The SMILES string of the molecule is Cc1ccc(Cl)cc1C(=O)Nc1cccc2c(=O)n(C(O)C3CCCCC3)ccc12. The maximum Gasteiger partial charge on any atom is 0.260 e. The Morgan fingerprint density at radius 1 is 1.13 bits per heavy atom. The Labute approximate surface area is 180 Å². The number of halogens is 1. The minimum Gasteiger partial charge on any atom is -0.373 e. The van der Waals surface area contributed by atoms with E-state index in [-0.39, 0.29) is 17.4 Å². The molecule has 1 amide bonds. The van der Waals surface area contributed by atoms with Gasteiger partial charge in [0, 0.05) is 39.2 Å². The van der Waals surface area contributed by atoms with Crippen LogP contribution in [0.15, 0.2) is 53.5 Å². The van der Waals surface area contributed by atoms with Crippen molar-refractivity contribution in [3.63, 3.8) is 0 Å². The molecule has 30 heavy (non-hydrogen) atoms. The van der Waals surface area contributed by atoms with E-state index in [1.165, 1.54) is 11.0 Å². The number of aromatic nitrogens is 1. The fourth-order valence-corrected chi connectivity index (χ4v) is 4.47. The Hall–Kier alpha value is -2.63. The van der Waals surface area contributed by atoms with E-state index in [1.807, 2.05) is 6.92 Å². The van der Waals surface area contributed by atoms with Crippen molar-refractivity contribution >= 4 is 34.0 Å². The lowest BCUT2D eigenvalue weighted by molar-refractivity contribution is 0.0210. The minimum absolute atomic E-state index is 0.0996. The fraction of sp³-hybridized carbons (Fsp3) is 0.333. The number of anilines is 1. The second-order valence-corrected chi connectivity index (χ2v) is 8.46. The van der Waals surface area contributed by atoms with Crippen molar-refractivity contribution in [3.05, 3.63) is 75.2 Å². The molecule has 5 nitrogen and oxygen atoms in total. The van der Waals surface area contributed by atoms with Crippen LogP contribution in [0.4, 0.5) is 5.69 Å². The van der Waals surface area contributed by atoms with Gasteiger partial charge < -0.3 is 10.4 Å². The summed E-state index contributed by atoms with van der Waals surface area (Å²) in [6.45, 7) is 1.85. The van der Waals surface area contributed by atoms with Crippen molar-refractivity contribution in [2.24, 2.45) is 5.92 Å². The number of aliphatic hydroxyl groups excluding tert-OH is 1. The highest BCUT2D eigenvalue weighted by molar-refractivity contribution is 6.31. The number of aliphatic hydroxyl groups is 1. The highest BCUT2D eigenvalue weighted by Crippen LogP contribution is 2.31. The standard InChI is InChI=1S/C24H25ClN2O3/c1-15-10-11-17(25)14-20(15)22(28)26-21-9-5-8-19-18(21)12-13-27(24(19)30)23(29)16-6-3-2-4-7-16/h5,8-14,16,23,29H,2-4,6-7H2,1H3,(H,26,28). The average molecular weight is 425 g/mol. The van der Waals surface area contributed by atoms with Gasteiger partial charge in [-0.15, -0.1) is 0 Å². The summed E-state index contributed by atoms with van der Waals surface area (Å²) < 4.78 is 1.42. The summed E-state index contributed by atoms with van der Waals surface area (Å²) in [5.74, 6) is -0.184. The van der Waals surface area contributed by atoms with E-state index in [1.54, 1.807) is 48.7 Å². The van der Waals surface area contributed by atoms with Gasteiger partial charge in [-0.05, 0) is 55.7 Å². The second-order valence-electron chi connectivity index (χ2n) is 8.02. The molecule has 0 spiro atoms. The minimum atomic E-state index is -0.824. The molecule has 1 unspecified atom stereocenters. The molecule has 1 aromatic heterocycles. The molecule has 1 atom stereocenters. The Morgan fingerprint density at radius 3 is 2.67 bits per heavy atom. The zero-order chi connectivity index (χ0) is 21.3. The maximum atomic E-state index is 13.1. The van der Waals surface area contributed by atoms with E-state index >= 15 is 0 Å². The first-order valence-electron chi connectivity index (χ1n) is 10.3. The van der Waals surface area contributed by atoms with E-state index in [9.17, 15) is 14.7 Å². The summed E-state index contributed by atoms with van der Waals surface area (Å²) in [5, 5.41) is 15.3. The van der Waals surface area contributed by atoms with Crippen LogP contribution in [0.3, 0.4) is 0 Å². The monoisotopic (exact) mass is 424 g/mol. The van der Waals surface area contributed by atoms with E-state index in [4.69, 9.17) is 11.6 Å². The molecule has 2 N–H and O–H groups in total. The van der Waals surface area contributed by atoms with Crippen LogP contribution in [0.1, 0.15) is 54.3 Å². The highest BCUT2D eigenvalue weighted by Gasteiger charge is 2.24. The fourth-order valence-electron chi connectivity index (χ4n) is 4.30. The summed E-state index contributed by atoms with van der Waals surface area (Å²) in [4.78, 5) is 25.9. The van der Waals surface area contributed by atoms with Gasteiger partial charge in [-0.1, -0.05) is 43.0 Å². The largest absolute Gasteiger partial charge is 0.373 e. The first kappa shape index (κ1) is 20.6. The number of hydrogen-bond acceptors (Lipinski definition) is 3. The lowest BCUT2D eigenvalue weighted by Crippen LogP contribution is -2.30. The van der Waals surface area contributed by atoms with E-state index in [2.05, 4.69) is 5.32 Å². The number of aryl methyl sites for hydroxylation is 1. The average Bonchev–Trinajstić information content (AvgIpc) is 2.76. The third-order valence-corrected chi connectivity index (χ3v) is 6.26. The molecule has 3 aromatic rings. The molecule has 156 valence electrons. The Balaban J connectivity index is 1.67. The topological polar surface area (TPSA) is 71.3 Å². The van der Waals surface area contributed by atoms with Gasteiger partial charge in [0.1, 0.15) is 6.23 Å². The van der Waals surface area contributed by atoms with Crippen molar-refractivity contribution in [1.82, 2.24) is 4.57 Å². The molecule has 1 aliphatic carbocycles. The van der Waals surface area contributed by atoms with Gasteiger partial charge in [-0.3, -0.25) is 14.2 Å². The van der Waals surface area contributed by atoms with E-state index < -0.39 is 6.23 Å². The van der Waals surface area contributed by atoms with Gasteiger partial charge in [-0.2, -0.15) is 0 Å². The number of carbonyl (C=O) groups is 1. The third kappa shape index (κ3) is 4.00. The Bertz CT molecular complexity index is 1150. The van der Waals surface area contributed by atoms with Crippen LogP contribution in [-0.2, 0) is 0 Å². The quantitative estimate of drug-likeness (QED) is 0.598. The van der Waals surface area contributed by atoms with Crippen molar-refractivity contribution in [3.8, 4) is 0 Å². The second kappa shape index (κ2) is 8.62. The molecule has 1 aliphatic rings. The van der Waals surface area contributed by atoms with Crippen LogP contribution in [0.25, 0.3) is 10.8 Å². The summed E-state index contributed by atoms with van der Waals surface area (Å²) in [7, 11) is 0. The number of benzene rings is 2. The van der Waals surface area contributed by atoms with Crippen molar-refractivity contribution < 1.29 is 9.90 Å². The van der Waals surface area contributed by atoms with Crippen LogP contribution in [-0.4, -0.2) is 15.6 Å². The molecular weight excluding hydrogens is 400 g/mol. The van der Waals surface area contributed by atoms with Gasteiger partial charge in [0.15, 0.2) is 0 Å². The molecule has 0 aliphatic heterocycles. The molecule has 1 saturated carbocycles. The summed E-state index contributed by atoms with van der Waals surface area (Å²) in [6.07, 6.45) is 6.03. The van der Waals surface area contributed by atoms with Crippen LogP contribution in [0, 0.1) is 12.8 Å². The molecule has 0 saturated heterocycles.